The summed E-state index contributed by atoms with van der Waals surface area (Å²) in [6, 6.07) is 6.18. The molecule has 0 aliphatic heterocycles. The maximum Gasteiger partial charge on any atom is 0.346 e. The summed E-state index contributed by atoms with van der Waals surface area (Å²) in [6.45, 7) is 0. The third-order valence-corrected chi connectivity index (χ3v) is 3.58. The molecule has 9 nitrogen and oxygen atoms in total. The second-order valence-electron chi connectivity index (χ2n) is 4.52. The number of halogens is 2. The Morgan fingerprint density at radius 2 is 1.16 bits per heavy atom. The average molecular weight is 385 g/mol. The first-order valence-corrected chi connectivity index (χ1v) is 7.10. The van der Waals surface area contributed by atoms with Crippen LogP contribution in [-0.4, -0.2) is 21.8 Å². The van der Waals surface area contributed by atoms with Gasteiger partial charge in [-0.05, 0) is 24.3 Å². The van der Waals surface area contributed by atoms with Gasteiger partial charge in [0.1, 0.15) is 10.0 Å². The van der Waals surface area contributed by atoms with Crippen molar-refractivity contribution in [3.63, 3.8) is 0 Å². The van der Waals surface area contributed by atoms with Crippen LogP contribution in [0.1, 0.15) is 20.7 Å². The van der Waals surface area contributed by atoms with Crippen molar-refractivity contribution >= 4 is 46.5 Å². The molecule has 128 valence electrons. The van der Waals surface area contributed by atoms with Crippen LogP contribution in [0.4, 0.5) is 11.4 Å². The van der Waals surface area contributed by atoms with E-state index in [2.05, 4.69) is 4.74 Å². The van der Waals surface area contributed by atoms with Gasteiger partial charge in [-0.15, -0.1) is 0 Å². The summed E-state index contributed by atoms with van der Waals surface area (Å²) in [5.41, 5.74) is -1.64. The van der Waals surface area contributed by atoms with Gasteiger partial charge in [0.15, 0.2) is 0 Å². The maximum absolute atomic E-state index is 11.9. The minimum absolute atomic E-state index is 0.193. The Kier molecular flexibility index (Phi) is 5.30. The lowest BCUT2D eigenvalue weighted by molar-refractivity contribution is -0.384. The number of hydrogen-bond acceptors (Lipinski definition) is 7. The maximum atomic E-state index is 11.9. The molecular formula is C14H6Cl2N2O7. The number of esters is 2. The van der Waals surface area contributed by atoms with Crippen LogP contribution >= 0.6 is 23.2 Å². The van der Waals surface area contributed by atoms with Crippen molar-refractivity contribution in [1.82, 2.24) is 0 Å². The van der Waals surface area contributed by atoms with Crippen LogP contribution in [0.5, 0.6) is 0 Å². The lowest BCUT2D eigenvalue weighted by Gasteiger charge is -2.04. The van der Waals surface area contributed by atoms with Gasteiger partial charge in [-0.1, -0.05) is 23.2 Å². The summed E-state index contributed by atoms with van der Waals surface area (Å²) in [5, 5.41) is 21.2. The molecular weight excluding hydrogens is 379 g/mol. The molecule has 0 radical (unpaired) electrons. The molecule has 0 aromatic heterocycles. The van der Waals surface area contributed by atoms with Gasteiger partial charge >= 0.3 is 11.9 Å². The number of nitrogens with zero attached hydrogens (tertiary/aromatic N) is 2. The Morgan fingerprint density at radius 3 is 1.48 bits per heavy atom. The van der Waals surface area contributed by atoms with Gasteiger partial charge < -0.3 is 4.74 Å². The van der Waals surface area contributed by atoms with Crippen LogP contribution < -0.4 is 0 Å². The number of carbonyl (C=O) groups excluding carboxylic acids is 2. The molecule has 0 aliphatic carbocycles. The van der Waals surface area contributed by atoms with Crippen molar-refractivity contribution in [2.24, 2.45) is 0 Å². The van der Waals surface area contributed by atoms with Gasteiger partial charge in [0, 0.05) is 12.1 Å². The van der Waals surface area contributed by atoms with Crippen LogP contribution in [0.3, 0.4) is 0 Å². The molecule has 2 rings (SSSR count). The molecule has 2 aromatic rings. The Balaban J connectivity index is 2.25. The standard InChI is InChI=1S/C14H6Cl2N2O7/c15-9-3-1-7(5-11(9)17(21)22)13(19)25-14(20)8-2-4-10(16)12(6-8)18(23)24/h1-6H. The molecule has 0 unspecified atom stereocenters. The zero-order chi connectivity index (χ0) is 18.7. The highest BCUT2D eigenvalue weighted by Gasteiger charge is 2.22. The molecule has 0 bridgehead atoms. The fourth-order valence-electron chi connectivity index (χ4n) is 1.76. The topological polar surface area (TPSA) is 130 Å². The normalized spacial score (nSPS) is 10.2. The van der Waals surface area contributed by atoms with E-state index >= 15 is 0 Å². The van der Waals surface area contributed by atoms with Crippen LogP contribution in [-0.2, 0) is 4.74 Å². The summed E-state index contributed by atoms with van der Waals surface area (Å²) in [5.74, 6) is -2.36. The monoisotopic (exact) mass is 384 g/mol. The third-order valence-electron chi connectivity index (χ3n) is 2.94. The number of carbonyl (C=O) groups is 2. The van der Waals surface area contributed by atoms with Crippen molar-refractivity contribution in [1.29, 1.82) is 0 Å². The number of ether oxygens (including phenoxy) is 1. The molecule has 25 heavy (non-hydrogen) atoms. The lowest BCUT2D eigenvalue weighted by atomic mass is 10.2. The van der Waals surface area contributed by atoms with Gasteiger partial charge in [0.2, 0.25) is 0 Å². The largest absolute Gasteiger partial charge is 0.386 e. The minimum Gasteiger partial charge on any atom is -0.386 e. The van der Waals surface area contributed by atoms with Gasteiger partial charge in [0.25, 0.3) is 11.4 Å². The number of hydrogen-bond donors (Lipinski definition) is 0. The first-order valence-electron chi connectivity index (χ1n) is 6.35. The summed E-state index contributed by atoms with van der Waals surface area (Å²) >= 11 is 11.2. The predicted molar refractivity (Wildman–Crippen MR) is 86.0 cm³/mol. The van der Waals surface area contributed by atoms with E-state index in [0.717, 1.165) is 36.4 Å². The minimum atomic E-state index is -1.18. The molecule has 0 heterocycles. The van der Waals surface area contributed by atoms with Gasteiger partial charge in [-0.2, -0.15) is 0 Å². The number of benzene rings is 2. The van der Waals surface area contributed by atoms with Crippen molar-refractivity contribution in [3.8, 4) is 0 Å². The summed E-state index contributed by atoms with van der Waals surface area (Å²) < 4.78 is 4.56. The molecule has 2 aromatic carbocycles. The average Bonchev–Trinajstić information content (AvgIpc) is 2.54. The van der Waals surface area contributed by atoms with E-state index in [4.69, 9.17) is 23.2 Å². The van der Waals surface area contributed by atoms with Gasteiger partial charge in [0.05, 0.1) is 21.0 Å². The Morgan fingerprint density at radius 1 is 0.800 bits per heavy atom. The van der Waals surface area contributed by atoms with Crippen molar-refractivity contribution < 1.29 is 24.2 Å². The Labute approximate surface area is 149 Å². The van der Waals surface area contributed by atoms with Crippen molar-refractivity contribution in [3.05, 3.63) is 77.8 Å². The van der Waals surface area contributed by atoms with Crippen LogP contribution in [0.15, 0.2) is 36.4 Å². The van der Waals surface area contributed by atoms with E-state index in [1.54, 1.807) is 0 Å². The molecule has 0 aliphatic rings. The van der Waals surface area contributed by atoms with E-state index in [1.807, 2.05) is 0 Å². The second-order valence-corrected chi connectivity index (χ2v) is 5.34. The fourth-order valence-corrected chi connectivity index (χ4v) is 2.13. The van der Waals surface area contributed by atoms with E-state index in [-0.39, 0.29) is 21.2 Å². The lowest BCUT2D eigenvalue weighted by Crippen LogP contribution is -2.13. The third kappa shape index (κ3) is 4.08. The highest BCUT2D eigenvalue weighted by molar-refractivity contribution is 6.33. The smallest absolute Gasteiger partial charge is 0.346 e. The van der Waals surface area contributed by atoms with E-state index < -0.39 is 33.2 Å². The number of nitro groups is 2. The summed E-state index contributed by atoms with van der Waals surface area (Å²) in [6.07, 6.45) is 0. The fraction of sp³-hybridized carbons (Fsp3) is 0. The Hall–Kier alpha value is -3.04. The molecule has 0 atom stereocenters. The van der Waals surface area contributed by atoms with E-state index in [9.17, 15) is 29.8 Å². The molecule has 0 N–H and O–H groups in total. The highest BCUT2D eigenvalue weighted by atomic mass is 35.5. The highest BCUT2D eigenvalue weighted by Crippen LogP contribution is 2.27. The zero-order valence-electron chi connectivity index (χ0n) is 12.0. The summed E-state index contributed by atoms with van der Waals surface area (Å²) in [7, 11) is 0. The molecule has 0 fully saturated rings. The second kappa shape index (κ2) is 7.24. The predicted octanol–water partition coefficient (Wildman–Crippen LogP) is 3.81. The first kappa shape index (κ1) is 18.3. The van der Waals surface area contributed by atoms with Gasteiger partial charge in [-0.25, -0.2) is 9.59 Å². The number of rotatable bonds is 4. The number of nitro benzene ring substituents is 2. The Bertz CT molecular complexity index is 841. The van der Waals surface area contributed by atoms with Crippen LogP contribution in [0, 0.1) is 20.2 Å². The molecule has 0 saturated heterocycles. The molecule has 0 saturated carbocycles. The summed E-state index contributed by atoms with van der Waals surface area (Å²) in [4.78, 5) is 43.9. The van der Waals surface area contributed by atoms with Crippen LogP contribution in [0.2, 0.25) is 10.0 Å². The van der Waals surface area contributed by atoms with Crippen molar-refractivity contribution in [2.75, 3.05) is 0 Å². The zero-order valence-corrected chi connectivity index (χ0v) is 13.5. The van der Waals surface area contributed by atoms with Gasteiger partial charge in [-0.3, -0.25) is 20.2 Å². The van der Waals surface area contributed by atoms with E-state index in [1.165, 1.54) is 0 Å². The van der Waals surface area contributed by atoms with Crippen molar-refractivity contribution in [2.45, 2.75) is 0 Å². The first-order chi connectivity index (χ1) is 11.7. The van der Waals surface area contributed by atoms with E-state index in [0.29, 0.717) is 0 Å². The quantitative estimate of drug-likeness (QED) is 0.339. The molecule has 0 amide bonds. The molecule has 0 spiro atoms. The molecule has 11 heteroatoms. The van der Waals surface area contributed by atoms with Crippen LogP contribution in [0.25, 0.3) is 0 Å². The SMILES string of the molecule is O=C(OC(=O)c1ccc(Cl)c([N+](=O)[O-])c1)c1ccc(Cl)c([N+](=O)[O-])c1.